The van der Waals surface area contributed by atoms with Crippen LogP contribution in [0.4, 0.5) is 11.4 Å². The molecule has 0 bridgehead atoms. The topological polar surface area (TPSA) is 94.6 Å². The van der Waals surface area contributed by atoms with Crippen LogP contribution in [0.1, 0.15) is 12.8 Å². The van der Waals surface area contributed by atoms with Crippen molar-refractivity contribution in [3.63, 3.8) is 0 Å². The number of benzene rings is 1. The van der Waals surface area contributed by atoms with Crippen molar-refractivity contribution in [2.75, 3.05) is 18.5 Å². The number of hydrogen-bond acceptors (Lipinski definition) is 6. The Morgan fingerprint density at radius 3 is 2.90 bits per heavy atom. The largest absolute Gasteiger partial charge is 0.418 e. The first-order chi connectivity index (χ1) is 10.2. The van der Waals surface area contributed by atoms with Crippen LogP contribution in [0.3, 0.4) is 0 Å². The summed E-state index contributed by atoms with van der Waals surface area (Å²) in [6.07, 6.45) is 1.89. The molecule has 7 nitrogen and oxygen atoms in total. The lowest BCUT2D eigenvalue weighted by molar-refractivity contribution is -0.386. The third-order valence-electron chi connectivity index (χ3n) is 3.50. The second kappa shape index (κ2) is 5.53. The van der Waals surface area contributed by atoms with E-state index in [4.69, 9.17) is 9.15 Å². The van der Waals surface area contributed by atoms with Crippen molar-refractivity contribution in [1.82, 2.24) is 0 Å². The van der Waals surface area contributed by atoms with Gasteiger partial charge in [0.2, 0.25) is 0 Å². The highest BCUT2D eigenvalue weighted by Gasteiger charge is 2.25. The number of nitrogens with zero attached hydrogens (tertiary/aromatic N) is 1. The van der Waals surface area contributed by atoms with Crippen molar-refractivity contribution >= 4 is 22.3 Å². The van der Waals surface area contributed by atoms with Crippen molar-refractivity contribution in [2.45, 2.75) is 18.9 Å². The zero-order valence-corrected chi connectivity index (χ0v) is 11.2. The van der Waals surface area contributed by atoms with Gasteiger partial charge in [0.05, 0.1) is 11.0 Å². The minimum Gasteiger partial charge on any atom is -0.418 e. The molecule has 1 aromatic heterocycles. The lowest BCUT2D eigenvalue weighted by Gasteiger charge is -2.13. The van der Waals surface area contributed by atoms with E-state index in [-0.39, 0.29) is 11.8 Å². The molecular weight excluding hydrogens is 276 g/mol. The maximum absolute atomic E-state index is 11.8. The highest BCUT2D eigenvalue weighted by Crippen LogP contribution is 2.30. The van der Waals surface area contributed by atoms with Gasteiger partial charge in [0, 0.05) is 18.5 Å². The molecule has 1 fully saturated rings. The van der Waals surface area contributed by atoms with Crippen LogP contribution in [-0.2, 0) is 4.74 Å². The molecule has 1 N–H and O–H groups in total. The summed E-state index contributed by atoms with van der Waals surface area (Å²) in [7, 11) is 0. The van der Waals surface area contributed by atoms with Gasteiger partial charge >= 0.3 is 11.3 Å². The summed E-state index contributed by atoms with van der Waals surface area (Å²) >= 11 is 0. The normalized spacial score (nSPS) is 18.0. The first-order valence-electron chi connectivity index (χ1n) is 6.72. The van der Waals surface area contributed by atoms with Crippen LogP contribution >= 0.6 is 0 Å². The molecule has 1 aliphatic rings. The lowest BCUT2D eigenvalue weighted by atomic mass is 10.1. The Morgan fingerprint density at radius 1 is 1.38 bits per heavy atom. The van der Waals surface area contributed by atoms with Gasteiger partial charge in [0.1, 0.15) is 11.3 Å². The molecule has 0 amide bonds. The summed E-state index contributed by atoms with van der Waals surface area (Å²) in [4.78, 5) is 22.3. The Hall–Kier alpha value is -2.41. The van der Waals surface area contributed by atoms with Gasteiger partial charge < -0.3 is 14.5 Å². The number of fused-ring (bicyclic) bond motifs is 1. The highest BCUT2D eigenvalue weighted by molar-refractivity contribution is 5.94. The standard InChI is InChI=1S/C14H14N2O5/c17-14-13(16(18)19)12(15-8-9-4-3-7-20-9)10-5-1-2-6-11(10)21-14/h1-2,5-6,9,15H,3-4,7-8H2/t9-/m1/s1. The number of rotatable bonds is 4. The fourth-order valence-corrected chi connectivity index (χ4v) is 2.51. The smallest absolute Gasteiger partial charge is 0.417 e. The quantitative estimate of drug-likeness (QED) is 0.527. The van der Waals surface area contributed by atoms with Gasteiger partial charge in [-0.2, -0.15) is 0 Å². The fourth-order valence-electron chi connectivity index (χ4n) is 2.51. The minimum absolute atomic E-state index is 0.00983. The third-order valence-corrected chi connectivity index (χ3v) is 3.50. The van der Waals surface area contributed by atoms with Gasteiger partial charge in [-0.05, 0) is 25.0 Å². The molecule has 21 heavy (non-hydrogen) atoms. The monoisotopic (exact) mass is 290 g/mol. The second-order valence-electron chi connectivity index (χ2n) is 4.88. The van der Waals surface area contributed by atoms with E-state index in [1.165, 1.54) is 0 Å². The molecule has 1 atom stereocenters. The van der Waals surface area contributed by atoms with E-state index < -0.39 is 16.2 Å². The van der Waals surface area contributed by atoms with Gasteiger partial charge in [-0.3, -0.25) is 10.1 Å². The summed E-state index contributed by atoms with van der Waals surface area (Å²) in [5.41, 5.74) is -0.995. The first kappa shape index (κ1) is 13.6. The van der Waals surface area contributed by atoms with Gasteiger partial charge in [-0.25, -0.2) is 4.79 Å². The fraction of sp³-hybridized carbons (Fsp3) is 0.357. The zero-order chi connectivity index (χ0) is 14.8. The van der Waals surface area contributed by atoms with E-state index >= 15 is 0 Å². The van der Waals surface area contributed by atoms with E-state index in [2.05, 4.69) is 5.32 Å². The Bertz CT molecular complexity index is 734. The molecule has 110 valence electrons. The molecule has 1 saturated heterocycles. The molecular formula is C14H14N2O5. The van der Waals surface area contributed by atoms with E-state index in [1.807, 2.05) is 0 Å². The molecule has 0 unspecified atom stereocenters. The maximum atomic E-state index is 11.8. The highest BCUT2D eigenvalue weighted by atomic mass is 16.6. The van der Waals surface area contributed by atoms with Crippen LogP contribution < -0.4 is 10.9 Å². The van der Waals surface area contributed by atoms with Crippen LogP contribution in [0.25, 0.3) is 11.0 Å². The Labute approximate surface area is 119 Å². The molecule has 0 radical (unpaired) electrons. The van der Waals surface area contributed by atoms with Crippen LogP contribution in [0, 0.1) is 10.1 Å². The average molecular weight is 290 g/mol. The molecule has 0 saturated carbocycles. The summed E-state index contributed by atoms with van der Waals surface area (Å²) in [5.74, 6) is 0. The number of nitrogens with one attached hydrogen (secondary N) is 1. The van der Waals surface area contributed by atoms with E-state index in [9.17, 15) is 14.9 Å². The predicted molar refractivity (Wildman–Crippen MR) is 76.6 cm³/mol. The Morgan fingerprint density at radius 2 is 2.19 bits per heavy atom. The summed E-state index contributed by atoms with van der Waals surface area (Å²) in [6, 6.07) is 6.74. The molecule has 1 aromatic carbocycles. The average Bonchev–Trinajstić information content (AvgIpc) is 2.97. The molecule has 1 aliphatic heterocycles. The molecule has 0 spiro atoms. The van der Waals surface area contributed by atoms with Crippen LogP contribution in [0.15, 0.2) is 33.5 Å². The minimum atomic E-state index is -0.950. The van der Waals surface area contributed by atoms with Crippen molar-refractivity contribution in [1.29, 1.82) is 0 Å². The van der Waals surface area contributed by atoms with E-state index in [0.29, 0.717) is 24.1 Å². The lowest BCUT2D eigenvalue weighted by Crippen LogP contribution is -2.20. The Kier molecular flexibility index (Phi) is 3.57. The second-order valence-corrected chi connectivity index (χ2v) is 4.88. The Balaban J connectivity index is 2.05. The van der Waals surface area contributed by atoms with Gasteiger partial charge in [0.25, 0.3) is 0 Å². The number of ether oxygens (including phenoxy) is 1. The molecule has 0 aliphatic carbocycles. The van der Waals surface area contributed by atoms with Gasteiger partial charge in [0.15, 0.2) is 0 Å². The van der Waals surface area contributed by atoms with Crippen molar-refractivity contribution < 1.29 is 14.1 Å². The zero-order valence-electron chi connectivity index (χ0n) is 11.2. The summed E-state index contributed by atoms with van der Waals surface area (Å²) < 4.78 is 10.5. The van der Waals surface area contributed by atoms with E-state index in [0.717, 1.165) is 12.8 Å². The number of para-hydroxylation sites is 1. The number of anilines is 1. The number of nitro groups is 1. The molecule has 7 heteroatoms. The van der Waals surface area contributed by atoms with E-state index in [1.54, 1.807) is 24.3 Å². The van der Waals surface area contributed by atoms with Crippen LogP contribution in [0.5, 0.6) is 0 Å². The third kappa shape index (κ3) is 2.59. The van der Waals surface area contributed by atoms with Crippen molar-refractivity contribution in [3.8, 4) is 0 Å². The SMILES string of the molecule is O=c1oc2ccccc2c(NC[C@H]2CCCO2)c1[N+](=O)[O-]. The predicted octanol–water partition coefficient (Wildman–Crippen LogP) is 2.29. The van der Waals surface area contributed by atoms with Crippen LogP contribution in [-0.4, -0.2) is 24.2 Å². The molecule has 2 heterocycles. The van der Waals surface area contributed by atoms with Gasteiger partial charge in [-0.1, -0.05) is 12.1 Å². The van der Waals surface area contributed by atoms with Gasteiger partial charge in [-0.15, -0.1) is 0 Å². The number of hydrogen-bond donors (Lipinski definition) is 1. The van der Waals surface area contributed by atoms with Crippen LogP contribution in [0.2, 0.25) is 0 Å². The summed E-state index contributed by atoms with van der Waals surface area (Å²) in [5, 5.41) is 14.7. The van der Waals surface area contributed by atoms with Crippen molar-refractivity contribution in [2.24, 2.45) is 0 Å². The molecule has 3 rings (SSSR count). The summed E-state index contributed by atoms with van der Waals surface area (Å²) in [6.45, 7) is 1.13. The van der Waals surface area contributed by atoms with Crippen molar-refractivity contribution in [3.05, 3.63) is 44.8 Å². The maximum Gasteiger partial charge on any atom is 0.417 e. The first-order valence-corrected chi connectivity index (χ1v) is 6.72. The molecule has 2 aromatic rings.